The standard InChI is InChI=1S/C7H12NO7P/c1-4(2)6(9)8-5(7(10)11)3-15-16(12,13)14/h5H,1,3H2,2H3,(H,8,9)(H,10,11)(H2,12,13,14)/t5-/m0/s1. The average Bonchev–Trinajstić information content (AvgIpc) is 2.09. The SMILES string of the molecule is C=C(C)C(=O)N[C@@H](COP(=O)(O)O)C(=O)O. The Morgan fingerprint density at radius 3 is 2.31 bits per heavy atom. The fraction of sp³-hybridized carbons (Fsp3) is 0.429. The van der Waals surface area contributed by atoms with Crippen molar-refractivity contribution in [3.05, 3.63) is 12.2 Å². The van der Waals surface area contributed by atoms with Crippen molar-refractivity contribution in [3.8, 4) is 0 Å². The summed E-state index contributed by atoms with van der Waals surface area (Å²) in [5, 5.41) is 10.6. The zero-order chi connectivity index (χ0) is 12.9. The van der Waals surface area contributed by atoms with E-state index in [1.165, 1.54) is 6.92 Å². The number of hydrogen-bond acceptors (Lipinski definition) is 4. The molecule has 0 spiro atoms. The molecule has 0 aliphatic heterocycles. The molecule has 4 N–H and O–H groups in total. The molecule has 0 rings (SSSR count). The van der Waals surface area contributed by atoms with Crippen LogP contribution in [0.1, 0.15) is 6.92 Å². The van der Waals surface area contributed by atoms with E-state index in [4.69, 9.17) is 14.9 Å². The zero-order valence-corrected chi connectivity index (χ0v) is 9.31. The molecule has 0 aromatic carbocycles. The lowest BCUT2D eigenvalue weighted by atomic mass is 10.2. The minimum atomic E-state index is -4.76. The number of nitrogens with one attached hydrogen (secondary N) is 1. The van der Waals surface area contributed by atoms with E-state index in [-0.39, 0.29) is 5.57 Å². The molecule has 0 radical (unpaired) electrons. The van der Waals surface area contributed by atoms with Gasteiger partial charge in [0.15, 0.2) is 6.04 Å². The second-order valence-corrected chi connectivity index (χ2v) is 4.17. The van der Waals surface area contributed by atoms with Gasteiger partial charge >= 0.3 is 13.8 Å². The van der Waals surface area contributed by atoms with Gasteiger partial charge in [0.25, 0.3) is 0 Å². The molecule has 1 amide bonds. The van der Waals surface area contributed by atoms with Gasteiger partial charge in [0.05, 0.1) is 6.61 Å². The number of rotatable bonds is 6. The molecule has 0 aromatic rings. The molecule has 0 unspecified atom stereocenters. The molecule has 0 bridgehead atoms. The highest BCUT2D eigenvalue weighted by molar-refractivity contribution is 7.46. The van der Waals surface area contributed by atoms with Crippen molar-refractivity contribution in [1.82, 2.24) is 5.32 Å². The van der Waals surface area contributed by atoms with Gasteiger partial charge in [0.1, 0.15) is 0 Å². The lowest BCUT2D eigenvalue weighted by molar-refractivity contribution is -0.142. The molecule has 0 saturated heterocycles. The second-order valence-electron chi connectivity index (χ2n) is 2.93. The maximum Gasteiger partial charge on any atom is 0.469 e. The third-order valence-corrected chi connectivity index (χ3v) is 1.89. The van der Waals surface area contributed by atoms with E-state index in [1.807, 2.05) is 5.32 Å². The summed E-state index contributed by atoms with van der Waals surface area (Å²) < 4.78 is 14.3. The highest BCUT2D eigenvalue weighted by atomic mass is 31.2. The largest absolute Gasteiger partial charge is 0.480 e. The van der Waals surface area contributed by atoms with E-state index in [2.05, 4.69) is 11.1 Å². The number of carboxylic acid groups (broad SMARTS) is 1. The molecule has 1 atom stereocenters. The highest BCUT2D eigenvalue weighted by Crippen LogP contribution is 2.35. The van der Waals surface area contributed by atoms with Gasteiger partial charge in [-0.05, 0) is 6.92 Å². The summed E-state index contributed by atoms with van der Waals surface area (Å²) in [4.78, 5) is 38.4. The van der Waals surface area contributed by atoms with Gasteiger partial charge in [0.2, 0.25) is 5.91 Å². The minimum absolute atomic E-state index is 0.0717. The number of phosphoric acid groups is 1. The van der Waals surface area contributed by atoms with E-state index in [9.17, 15) is 14.2 Å². The third kappa shape index (κ3) is 6.31. The summed E-state index contributed by atoms with van der Waals surface area (Å²) in [5.41, 5.74) is 0.0717. The predicted octanol–water partition coefficient (Wildman–Crippen LogP) is -0.759. The van der Waals surface area contributed by atoms with Crippen LogP contribution in [-0.2, 0) is 18.7 Å². The Morgan fingerprint density at radius 1 is 1.50 bits per heavy atom. The van der Waals surface area contributed by atoms with Crippen molar-refractivity contribution in [3.63, 3.8) is 0 Å². The Labute approximate surface area is 91.2 Å². The number of carboxylic acids is 1. The van der Waals surface area contributed by atoms with Gasteiger partial charge in [-0.15, -0.1) is 0 Å². The molecule has 8 nitrogen and oxygen atoms in total. The van der Waals surface area contributed by atoms with Gasteiger partial charge in [-0.2, -0.15) is 0 Å². The molecule has 16 heavy (non-hydrogen) atoms. The number of hydrogen-bond donors (Lipinski definition) is 4. The van der Waals surface area contributed by atoms with Crippen molar-refractivity contribution < 1.29 is 33.6 Å². The second kappa shape index (κ2) is 5.76. The first-order valence-corrected chi connectivity index (χ1v) is 5.56. The molecule has 92 valence electrons. The topological polar surface area (TPSA) is 133 Å². The van der Waals surface area contributed by atoms with Crippen molar-refractivity contribution in [1.29, 1.82) is 0 Å². The third-order valence-electron chi connectivity index (χ3n) is 1.40. The molecule has 0 aliphatic rings. The van der Waals surface area contributed by atoms with Crippen LogP contribution in [0.15, 0.2) is 12.2 Å². The van der Waals surface area contributed by atoms with Gasteiger partial charge in [-0.1, -0.05) is 6.58 Å². The highest BCUT2D eigenvalue weighted by Gasteiger charge is 2.24. The predicted molar refractivity (Wildman–Crippen MR) is 52.4 cm³/mol. The van der Waals surface area contributed by atoms with Crippen LogP contribution in [0.25, 0.3) is 0 Å². The number of amides is 1. The van der Waals surface area contributed by atoms with Crippen LogP contribution < -0.4 is 5.32 Å². The Bertz CT molecular complexity index is 347. The first-order valence-electron chi connectivity index (χ1n) is 4.02. The number of phosphoric ester groups is 1. The van der Waals surface area contributed by atoms with E-state index in [1.54, 1.807) is 0 Å². The first kappa shape index (κ1) is 14.8. The summed E-state index contributed by atoms with van der Waals surface area (Å²) in [6.45, 7) is 3.80. The molecular weight excluding hydrogens is 241 g/mol. The van der Waals surface area contributed by atoms with Gasteiger partial charge in [-0.3, -0.25) is 9.32 Å². The van der Waals surface area contributed by atoms with Gasteiger partial charge in [-0.25, -0.2) is 9.36 Å². The van der Waals surface area contributed by atoms with Crippen LogP contribution in [0.2, 0.25) is 0 Å². The fourth-order valence-corrected chi connectivity index (χ4v) is 0.971. The van der Waals surface area contributed by atoms with Crippen LogP contribution in [-0.4, -0.2) is 39.4 Å². The molecule has 0 heterocycles. The number of carbonyl (C=O) groups is 2. The van der Waals surface area contributed by atoms with Crippen LogP contribution >= 0.6 is 7.82 Å². The van der Waals surface area contributed by atoms with Crippen LogP contribution in [0, 0.1) is 0 Å². The summed E-state index contributed by atoms with van der Waals surface area (Å²) in [5.74, 6) is -2.20. The van der Waals surface area contributed by atoms with Crippen molar-refractivity contribution in [2.24, 2.45) is 0 Å². The molecule has 0 fully saturated rings. The first-order chi connectivity index (χ1) is 7.13. The Kier molecular flexibility index (Phi) is 5.32. The zero-order valence-electron chi connectivity index (χ0n) is 8.41. The summed E-state index contributed by atoms with van der Waals surface area (Å²) in [6, 6.07) is -1.54. The van der Waals surface area contributed by atoms with E-state index >= 15 is 0 Å². The number of carbonyl (C=O) groups excluding carboxylic acids is 1. The van der Waals surface area contributed by atoms with Crippen molar-refractivity contribution in [2.75, 3.05) is 6.61 Å². The Balaban J connectivity index is 4.41. The molecule has 9 heteroatoms. The quantitative estimate of drug-likeness (QED) is 0.361. The summed E-state index contributed by atoms with van der Waals surface area (Å²) in [7, 11) is -4.76. The number of aliphatic carboxylic acids is 1. The van der Waals surface area contributed by atoms with E-state index in [0.29, 0.717) is 0 Å². The average molecular weight is 253 g/mol. The lowest BCUT2D eigenvalue weighted by Crippen LogP contribution is -2.44. The molecule has 0 aliphatic carbocycles. The van der Waals surface area contributed by atoms with E-state index in [0.717, 1.165) is 0 Å². The molecule has 0 aromatic heterocycles. The maximum absolute atomic E-state index is 11.1. The normalized spacial score (nSPS) is 12.9. The Hall–Kier alpha value is -1.21. The van der Waals surface area contributed by atoms with Crippen LogP contribution in [0.5, 0.6) is 0 Å². The lowest BCUT2D eigenvalue weighted by Gasteiger charge is -2.14. The summed E-state index contributed by atoms with van der Waals surface area (Å²) >= 11 is 0. The monoisotopic (exact) mass is 253 g/mol. The fourth-order valence-electron chi connectivity index (χ4n) is 0.628. The molecular formula is C7H12NO7P. The van der Waals surface area contributed by atoms with E-state index < -0.39 is 32.3 Å². The molecule has 0 saturated carbocycles. The smallest absolute Gasteiger partial charge is 0.469 e. The van der Waals surface area contributed by atoms with Gasteiger partial charge < -0.3 is 20.2 Å². The van der Waals surface area contributed by atoms with Crippen molar-refractivity contribution in [2.45, 2.75) is 13.0 Å². The van der Waals surface area contributed by atoms with Gasteiger partial charge in [0, 0.05) is 5.57 Å². The minimum Gasteiger partial charge on any atom is -0.480 e. The van der Waals surface area contributed by atoms with Crippen LogP contribution in [0.3, 0.4) is 0 Å². The Morgan fingerprint density at radius 2 is 2.00 bits per heavy atom. The maximum atomic E-state index is 11.1. The van der Waals surface area contributed by atoms with Crippen molar-refractivity contribution >= 4 is 19.7 Å². The summed E-state index contributed by atoms with van der Waals surface area (Å²) in [6.07, 6.45) is 0. The van der Waals surface area contributed by atoms with Crippen LogP contribution in [0.4, 0.5) is 0 Å².